The minimum atomic E-state index is -0.260. The van der Waals surface area contributed by atoms with E-state index in [9.17, 15) is 0 Å². The van der Waals surface area contributed by atoms with E-state index in [4.69, 9.17) is 39.2 Å². The van der Waals surface area contributed by atoms with Gasteiger partial charge in [-0.2, -0.15) is 24.0 Å². The summed E-state index contributed by atoms with van der Waals surface area (Å²) in [6, 6.07) is 29.6. The SMILES string of the molecule is CCCCOCC[n+]1ccccc1C1=C2C=CC(=N2)C(c2cccc[n+]2CCOCCCC)=c2ccc([n-]2)=C(c2cccc[n+]2CCOCCCC)C2=NC(C=C2)C(c2cccc[n+]2CCOCCCC)C2=CCC1[N-]2.[Mn+3]. The van der Waals surface area contributed by atoms with Gasteiger partial charge < -0.3 is 29.2 Å². The number of hydrogen-bond donors (Lipinski definition) is 0. The molecule has 0 amide bonds. The fourth-order valence-corrected chi connectivity index (χ4v) is 10.5. The van der Waals surface area contributed by atoms with Gasteiger partial charge in [-0.15, -0.1) is 16.8 Å². The summed E-state index contributed by atoms with van der Waals surface area (Å²) in [4.78, 5) is 17.2. The van der Waals surface area contributed by atoms with Crippen LogP contribution in [0.5, 0.6) is 0 Å². The van der Waals surface area contributed by atoms with Crippen LogP contribution in [0, 0.1) is 0 Å². The van der Waals surface area contributed by atoms with E-state index in [1.165, 1.54) is 0 Å². The molecule has 402 valence electrons. The van der Waals surface area contributed by atoms with Crippen LogP contribution < -0.4 is 34.0 Å². The number of unbranched alkanes of at least 4 members (excludes halogenated alkanes) is 4. The molecule has 77 heavy (non-hydrogen) atoms. The Labute approximate surface area is 467 Å². The third-order valence-electron chi connectivity index (χ3n) is 14.5. The van der Waals surface area contributed by atoms with Gasteiger partial charge in [0.2, 0.25) is 17.1 Å². The topological polar surface area (TPSA) is 105 Å². The number of nitrogens with zero attached hydrogens (tertiary/aromatic N) is 8. The summed E-state index contributed by atoms with van der Waals surface area (Å²) in [6.07, 6.45) is 29.2. The second kappa shape index (κ2) is 29.7. The van der Waals surface area contributed by atoms with Crippen molar-refractivity contribution in [1.82, 2.24) is 4.98 Å². The molecule has 0 saturated carbocycles. The van der Waals surface area contributed by atoms with E-state index in [-0.39, 0.29) is 35.1 Å². The molecule has 12 nitrogen and oxygen atoms in total. The first-order valence-corrected chi connectivity index (χ1v) is 28.4. The van der Waals surface area contributed by atoms with Gasteiger partial charge in [0.1, 0.15) is 26.4 Å². The van der Waals surface area contributed by atoms with E-state index in [1.807, 2.05) is 0 Å². The average Bonchev–Trinajstić information content (AvgIpc) is 4.36. The van der Waals surface area contributed by atoms with Gasteiger partial charge in [0, 0.05) is 80.5 Å². The van der Waals surface area contributed by atoms with Gasteiger partial charge in [-0.25, -0.2) is 4.99 Å². The van der Waals surface area contributed by atoms with Crippen molar-refractivity contribution in [3.05, 3.63) is 190 Å². The van der Waals surface area contributed by atoms with E-state index >= 15 is 0 Å². The molecule has 0 aromatic carbocycles. The molecular weight excluding hydrogens is 1000 g/mol. The number of ether oxygens (including phenoxy) is 4. The molecule has 4 aliphatic rings. The van der Waals surface area contributed by atoms with Crippen molar-refractivity contribution >= 4 is 28.1 Å². The van der Waals surface area contributed by atoms with Gasteiger partial charge in [0.25, 0.3) is 0 Å². The van der Waals surface area contributed by atoms with E-state index in [0.717, 1.165) is 157 Å². The molecule has 0 aliphatic carbocycles. The second-order valence-corrected chi connectivity index (χ2v) is 20.0. The number of aliphatic imine (C=N–C) groups is 2. The van der Waals surface area contributed by atoms with Crippen LogP contribution in [0.25, 0.3) is 22.0 Å². The fraction of sp³-hybridized carbons (Fsp3) is 0.438. The number of aromatic nitrogens is 5. The largest absolute Gasteiger partial charge is 3.00 e. The summed E-state index contributed by atoms with van der Waals surface area (Å²) < 4.78 is 34.0. The predicted octanol–water partition coefficient (Wildman–Crippen LogP) is 8.08. The molecule has 9 rings (SSSR count). The molecule has 3 unspecified atom stereocenters. The molecule has 5 aromatic heterocycles. The molecule has 0 fully saturated rings. The Balaban J connectivity index is 0.00000784. The van der Waals surface area contributed by atoms with E-state index in [1.54, 1.807) is 0 Å². The maximum Gasteiger partial charge on any atom is 3.00 e. The summed E-state index contributed by atoms with van der Waals surface area (Å²) in [7, 11) is 0. The van der Waals surface area contributed by atoms with Gasteiger partial charge in [-0.1, -0.05) is 83.7 Å². The Morgan fingerprint density at radius 2 is 1.00 bits per heavy atom. The Morgan fingerprint density at radius 1 is 0.519 bits per heavy atom. The standard InChI is InChI=1S/C64H80N8O4.Mn/c1-5-9-41-73-45-37-69-33-17-13-21-57(69)61-49-25-27-51(65-49)62(58-22-14-18-34-70(58)38-46-74-42-10-6-2)53-29-31-55(67-53)64(60-24-16-20-36-72(60)40-48-76-44-12-8-4)56-32-30-54(68-56)63(52-28-26-50(61)66-52)59-23-15-19-35-71(59)39-47-75-43-11-7-3;/h13-31,33-36,52,56,63H,5-12,32,37-48H2,1-4H3;/q+2;+3. The monoisotopic (exact) mass is 1080 g/mol. The number of fused-ring (bicyclic) bond motifs is 6. The predicted molar refractivity (Wildman–Crippen MR) is 300 cm³/mol. The summed E-state index contributed by atoms with van der Waals surface area (Å²) in [5.74, 6) is -0.193. The van der Waals surface area contributed by atoms with Crippen LogP contribution >= 0.6 is 0 Å². The second-order valence-electron chi connectivity index (χ2n) is 20.0. The quantitative estimate of drug-likeness (QED) is 0.0287. The molecule has 13 heteroatoms. The van der Waals surface area contributed by atoms with Gasteiger partial charge >= 0.3 is 17.1 Å². The molecule has 9 heterocycles. The van der Waals surface area contributed by atoms with Crippen LogP contribution in [0.3, 0.4) is 0 Å². The summed E-state index contributed by atoms with van der Waals surface area (Å²) in [5.41, 5.74) is 10.9. The first-order chi connectivity index (χ1) is 37.6. The van der Waals surface area contributed by atoms with Crippen molar-refractivity contribution in [1.29, 1.82) is 0 Å². The maximum absolute atomic E-state index is 6.19. The van der Waals surface area contributed by atoms with Crippen molar-refractivity contribution in [3.63, 3.8) is 0 Å². The molecule has 8 bridgehead atoms. The van der Waals surface area contributed by atoms with E-state index in [0.29, 0.717) is 52.5 Å². The Kier molecular flexibility index (Phi) is 22.1. The molecule has 0 radical (unpaired) electrons. The van der Waals surface area contributed by atoms with Crippen molar-refractivity contribution in [2.45, 2.75) is 130 Å². The van der Waals surface area contributed by atoms with Gasteiger partial charge in [0.15, 0.2) is 56.7 Å². The van der Waals surface area contributed by atoms with E-state index < -0.39 is 0 Å². The molecule has 4 aliphatic heterocycles. The minimum absolute atomic E-state index is 0. The number of allylic oxidation sites excluding steroid dienone is 3. The van der Waals surface area contributed by atoms with Crippen LogP contribution in [0.15, 0.2) is 161 Å². The van der Waals surface area contributed by atoms with Crippen molar-refractivity contribution in [2.75, 3.05) is 52.9 Å². The molecular formula is C64H80MnN8O4+5. The van der Waals surface area contributed by atoms with Crippen LogP contribution in [-0.2, 0) is 62.2 Å². The van der Waals surface area contributed by atoms with Gasteiger partial charge in [-0.05, 0) is 68.5 Å². The van der Waals surface area contributed by atoms with Crippen molar-refractivity contribution < 1.29 is 54.3 Å². The zero-order valence-corrected chi connectivity index (χ0v) is 47.1. The Morgan fingerprint density at radius 3 is 1.55 bits per heavy atom. The summed E-state index contributed by atoms with van der Waals surface area (Å²) >= 11 is 0. The van der Waals surface area contributed by atoms with Crippen LogP contribution in [0.2, 0.25) is 0 Å². The maximum atomic E-state index is 6.19. The Bertz CT molecular complexity index is 3060. The van der Waals surface area contributed by atoms with Gasteiger partial charge in [0.05, 0.1) is 40.2 Å². The number of hydrogen-bond acceptors (Lipinski definition) is 6. The fourth-order valence-electron chi connectivity index (χ4n) is 10.5. The first kappa shape index (κ1) is 57.3. The molecule has 5 aromatic rings. The van der Waals surface area contributed by atoms with E-state index in [2.05, 4.69) is 186 Å². The molecule has 0 saturated heterocycles. The molecule has 0 spiro atoms. The smallest absolute Gasteiger partial charge is 0.681 e. The number of pyridine rings is 4. The molecule has 0 N–H and O–H groups in total. The summed E-state index contributed by atoms with van der Waals surface area (Å²) in [5, 5.41) is 7.51. The van der Waals surface area contributed by atoms with Crippen LogP contribution in [0.4, 0.5) is 0 Å². The number of rotatable bonds is 28. The van der Waals surface area contributed by atoms with Crippen LogP contribution in [-0.4, -0.2) is 76.4 Å². The first-order valence-electron chi connectivity index (χ1n) is 28.4. The minimum Gasteiger partial charge on any atom is -0.681 e. The third-order valence-corrected chi connectivity index (χ3v) is 14.5. The van der Waals surface area contributed by atoms with Crippen LogP contribution in [0.1, 0.15) is 114 Å². The van der Waals surface area contributed by atoms with Crippen molar-refractivity contribution in [2.24, 2.45) is 9.98 Å². The normalized spacial score (nSPS) is 17.7. The third kappa shape index (κ3) is 14.4. The molecule has 3 atom stereocenters. The zero-order valence-electron chi connectivity index (χ0n) is 45.9. The Hall–Kier alpha value is -5.92. The average molecular weight is 1080 g/mol. The van der Waals surface area contributed by atoms with Gasteiger partial charge in [-0.3, -0.25) is 4.99 Å². The summed E-state index contributed by atoms with van der Waals surface area (Å²) in [6.45, 7) is 17.0. The zero-order chi connectivity index (χ0) is 52.3. The van der Waals surface area contributed by atoms with Crippen molar-refractivity contribution in [3.8, 4) is 0 Å².